The monoisotopic (exact) mass is 482 g/mol. The van der Waals surface area contributed by atoms with Gasteiger partial charge < -0.3 is 19.9 Å². The molecule has 0 saturated carbocycles. The number of hydrogen-bond donors (Lipinski definition) is 3. The van der Waals surface area contributed by atoms with Crippen LogP contribution in [0.5, 0.6) is 5.75 Å². The molecular weight excluding hydrogens is 458 g/mol. The van der Waals surface area contributed by atoms with Crippen molar-refractivity contribution >= 4 is 21.6 Å². The molecule has 1 fully saturated rings. The van der Waals surface area contributed by atoms with Crippen molar-refractivity contribution in [3.63, 3.8) is 0 Å². The molecule has 0 spiro atoms. The lowest BCUT2D eigenvalue weighted by molar-refractivity contribution is -0.142. The molecule has 0 radical (unpaired) electrons. The van der Waals surface area contributed by atoms with Gasteiger partial charge in [0.05, 0.1) is 25.4 Å². The zero-order chi connectivity index (χ0) is 23.8. The average molecular weight is 483 g/mol. The van der Waals surface area contributed by atoms with Crippen LogP contribution in [0.2, 0.25) is 0 Å². The van der Waals surface area contributed by atoms with Gasteiger partial charge in [0.1, 0.15) is 29.6 Å². The number of rotatable bonds is 7. The molecule has 3 N–H and O–H groups in total. The largest absolute Gasteiger partial charge is 0.487 e. The van der Waals surface area contributed by atoms with Gasteiger partial charge in [-0.15, -0.1) is 0 Å². The van der Waals surface area contributed by atoms with Gasteiger partial charge in [-0.2, -0.15) is 0 Å². The predicted octanol–water partition coefficient (Wildman–Crippen LogP) is 2.04. The van der Waals surface area contributed by atoms with Crippen molar-refractivity contribution in [1.29, 1.82) is 0 Å². The maximum absolute atomic E-state index is 13.8. The van der Waals surface area contributed by atoms with Crippen LogP contribution in [-0.4, -0.2) is 50.6 Å². The molecule has 2 aliphatic rings. The smallest absolute Gasteiger partial charge is 0.229 e. The van der Waals surface area contributed by atoms with Crippen LogP contribution >= 0.6 is 0 Å². The van der Waals surface area contributed by atoms with Crippen molar-refractivity contribution in [1.82, 2.24) is 5.32 Å². The SMILES string of the molecule is CS(=O)(=O)Nc1ccc2c(c1)[C@H]1C[C@H](CC(=O)NCc3cc(F)ccc3F)O[C@H](CO)[C@H]1O2. The Morgan fingerprint density at radius 3 is 2.73 bits per heavy atom. The van der Waals surface area contributed by atoms with E-state index in [2.05, 4.69) is 10.0 Å². The molecule has 0 bridgehead atoms. The molecule has 1 amide bonds. The highest BCUT2D eigenvalue weighted by Gasteiger charge is 2.46. The third kappa shape index (κ3) is 5.43. The van der Waals surface area contributed by atoms with Crippen molar-refractivity contribution in [2.75, 3.05) is 17.6 Å². The fraction of sp³-hybridized carbons (Fsp3) is 0.409. The van der Waals surface area contributed by atoms with E-state index in [1.54, 1.807) is 18.2 Å². The van der Waals surface area contributed by atoms with Gasteiger partial charge >= 0.3 is 0 Å². The normalized spacial score (nSPS) is 23.9. The highest BCUT2D eigenvalue weighted by atomic mass is 32.2. The zero-order valence-corrected chi connectivity index (χ0v) is 18.6. The topological polar surface area (TPSA) is 114 Å². The number of carbonyl (C=O) groups excluding carboxylic acids is 1. The number of aliphatic hydroxyl groups is 1. The first kappa shape index (κ1) is 23.4. The lowest BCUT2D eigenvalue weighted by Gasteiger charge is -2.37. The third-order valence-electron chi connectivity index (χ3n) is 5.70. The molecule has 2 aromatic rings. The van der Waals surface area contributed by atoms with Crippen molar-refractivity contribution in [3.8, 4) is 5.75 Å². The summed E-state index contributed by atoms with van der Waals surface area (Å²) >= 11 is 0. The van der Waals surface area contributed by atoms with Gasteiger partial charge in [-0.1, -0.05) is 0 Å². The maximum Gasteiger partial charge on any atom is 0.229 e. The molecule has 8 nitrogen and oxygen atoms in total. The quantitative estimate of drug-likeness (QED) is 0.557. The van der Waals surface area contributed by atoms with Crippen LogP contribution in [0.1, 0.15) is 29.9 Å². The lowest BCUT2D eigenvalue weighted by atomic mass is 9.84. The number of ether oxygens (including phenoxy) is 2. The molecule has 4 rings (SSSR count). The molecule has 2 aliphatic heterocycles. The van der Waals surface area contributed by atoms with Gasteiger partial charge in [0.2, 0.25) is 15.9 Å². The molecule has 11 heteroatoms. The second-order valence-corrected chi connectivity index (χ2v) is 10.00. The highest BCUT2D eigenvalue weighted by molar-refractivity contribution is 7.92. The van der Waals surface area contributed by atoms with Crippen molar-refractivity contribution in [2.24, 2.45) is 0 Å². The van der Waals surface area contributed by atoms with Crippen LogP contribution in [0, 0.1) is 11.6 Å². The van der Waals surface area contributed by atoms with E-state index in [0.29, 0.717) is 17.9 Å². The fourth-order valence-corrected chi connectivity index (χ4v) is 4.87. The first-order chi connectivity index (χ1) is 15.6. The second-order valence-electron chi connectivity index (χ2n) is 8.25. The predicted molar refractivity (Wildman–Crippen MR) is 115 cm³/mol. The van der Waals surface area contributed by atoms with Gasteiger partial charge in [-0.3, -0.25) is 9.52 Å². The van der Waals surface area contributed by atoms with E-state index in [1.807, 2.05) is 0 Å². The molecule has 4 atom stereocenters. The standard InChI is InChI=1S/C22H24F2N2O6S/c1-33(29,30)26-14-3-5-19-16(7-14)17-8-15(31-20(11-27)22(17)32-19)9-21(28)25-10-12-6-13(23)2-4-18(12)24/h2-7,15,17,20,22,26-27H,8-11H2,1H3,(H,25,28)/t15-,17-,20-,22+/m1/s1. The number of nitrogens with one attached hydrogen (secondary N) is 2. The summed E-state index contributed by atoms with van der Waals surface area (Å²) in [4.78, 5) is 12.4. The summed E-state index contributed by atoms with van der Waals surface area (Å²) in [5, 5.41) is 12.4. The summed E-state index contributed by atoms with van der Waals surface area (Å²) in [5.41, 5.74) is 1.19. The minimum absolute atomic E-state index is 0.0326. The summed E-state index contributed by atoms with van der Waals surface area (Å²) in [6.07, 6.45) is -0.298. The molecule has 178 valence electrons. The summed E-state index contributed by atoms with van der Waals surface area (Å²) in [7, 11) is -3.46. The summed E-state index contributed by atoms with van der Waals surface area (Å²) < 4.78 is 64.5. The Kier molecular flexibility index (Phi) is 6.55. The van der Waals surface area contributed by atoms with Crippen LogP contribution in [0.4, 0.5) is 14.5 Å². The van der Waals surface area contributed by atoms with E-state index < -0.39 is 45.9 Å². The number of hydrogen-bond acceptors (Lipinski definition) is 6. The summed E-state index contributed by atoms with van der Waals surface area (Å²) in [6.45, 7) is -0.493. The van der Waals surface area contributed by atoms with Crippen molar-refractivity contribution in [3.05, 3.63) is 59.2 Å². The number of amides is 1. The van der Waals surface area contributed by atoms with Gasteiger partial charge in [0.25, 0.3) is 0 Å². The number of anilines is 1. The number of fused-ring (bicyclic) bond motifs is 3. The zero-order valence-electron chi connectivity index (χ0n) is 17.8. The summed E-state index contributed by atoms with van der Waals surface area (Å²) in [5.74, 6) is -1.28. The number of carbonyl (C=O) groups is 1. The van der Waals surface area contributed by atoms with Gasteiger partial charge in [0, 0.05) is 29.3 Å². The minimum Gasteiger partial charge on any atom is -0.487 e. The number of sulfonamides is 1. The minimum atomic E-state index is -3.46. The van der Waals surface area contributed by atoms with Crippen molar-refractivity contribution in [2.45, 2.75) is 43.6 Å². The summed E-state index contributed by atoms with van der Waals surface area (Å²) in [6, 6.07) is 7.95. The van der Waals surface area contributed by atoms with Crippen LogP contribution in [0.25, 0.3) is 0 Å². The van der Waals surface area contributed by atoms with Gasteiger partial charge in [-0.25, -0.2) is 17.2 Å². The van der Waals surface area contributed by atoms with E-state index >= 15 is 0 Å². The van der Waals surface area contributed by atoms with E-state index in [1.165, 1.54) is 0 Å². The van der Waals surface area contributed by atoms with Crippen molar-refractivity contribution < 1.29 is 36.6 Å². The third-order valence-corrected chi connectivity index (χ3v) is 6.31. The van der Waals surface area contributed by atoms with Crippen LogP contribution < -0.4 is 14.8 Å². The Bertz CT molecular complexity index is 1160. The Morgan fingerprint density at radius 2 is 2.00 bits per heavy atom. The highest BCUT2D eigenvalue weighted by Crippen LogP contribution is 2.47. The fourth-order valence-electron chi connectivity index (χ4n) is 4.32. The van der Waals surface area contributed by atoms with E-state index in [-0.39, 0.29) is 31.1 Å². The first-order valence-corrected chi connectivity index (χ1v) is 12.3. The van der Waals surface area contributed by atoms with E-state index in [9.17, 15) is 27.1 Å². The molecule has 2 aromatic carbocycles. The van der Waals surface area contributed by atoms with Crippen LogP contribution in [0.3, 0.4) is 0 Å². The molecule has 0 aromatic heterocycles. The Morgan fingerprint density at radius 1 is 1.21 bits per heavy atom. The lowest BCUT2D eigenvalue weighted by Crippen LogP contribution is -2.47. The second kappa shape index (κ2) is 9.24. The van der Waals surface area contributed by atoms with Gasteiger partial charge in [-0.05, 0) is 42.8 Å². The first-order valence-electron chi connectivity index (χ1n) is 10.4. The van der Waals surface area contributed by atoms with E-state index in [0.717, 1.165) is 30.0 Å². The maximum atomic E-state index is 13.8. The average Bonchev–Trinajstić information content (AvgIpc) is 3.10. The Balaban J connectivity index is 1.44. The molecule has 33 heavy (non-hydrogen) atoms. The molecule has 1 saturated heterocycles. The molecule has 0 aliphatic carbocycles. The van der Waals surface area contributed by atoms with Crippen LogP contribution in [-0.2, 0) is 26.1 Å². The number of aliphatic hydroxyl groups excluding tert-OH is 1. The van der Waals surface area contributed by atoms with Crippen LogP contribution in [0.15, 0.2) is 36.4 Å². The Labute approximate surface area is 190 Å². The molecular formula is C22H24F2N2O6S. The van der Waals surface area contributed by atoms with E-state index in [4.69, 9.17) is 9.47 Å². The molecule has 0 unspecified atom stereocenters. The van der Waals surface area contributed by atoms with Gasteiger partial charge in [0.15, 0.2) is 0 Å². The Hall–Kier alpha value is -2.76. The number of halogens is 2. The number of benzene rings is 2. The molecule has 2 heterocycles.